The van der Waals surface area contributed by atoms with E-state index in [1.165, 1.54) is 28.5 Å². The van der Waals surface area contributed by atoms with Crippen molar-refractivity contribution >= 4 is 39.2 Å². The molecule has 4 heterocycles. The van der Waals surface area contributed by atoms with Gasteiger partial charge in [0.2, 0.25) is 5.91 Å². The third-order valence-corrected chi connectivity index (χ3v) is 9.35. The predicted octanol–water partition coefficient (Wildman–Crippen LogP) is 5.33. The summed E-state index contributed by atoms with van der Waals surface area (Å²) in [6, 6.07) is 10.3. The SMILES string of the molecule is CCOc1ccc(C(CC(=O)N2CCN(c3nc(C)nc4sc5c(c34)CCC(C)C5)CC2)NC(=O)c2ccco2)cc1. The average Bonchev–Trinajstić information content (AvgIpc) is 3.65. The van der Waals surface area contributed by atoms with E-state index in [0.717, 1.165) is 40.6 Å². The van der Waals surface area contributed by atoms with Crippen molar-refractivity contribution in [2.24, 2.45) is 5.92 Å². The lowest BCUT2D eigenvalue weighted by Crippen LogP contribution is -2.49. The number of rotatable bonds is 8. The molecule has 1 N–H and O–H groups in total. The summed E-state index contributed by atoms with van der Waals surface area (Å²) < 4.78 is 10.9. The second-order valence-electron chi connectivity index (χ2n) is 11.2. The maximum atomic E-state index is 13.6. The number of hydrogen-bond acceptors (Lipinski definition) is 8. The number of ether oxygens (including phenoxy) is 1. The molecule has 1 fully saturated rings. The standard InChI is InChI=1S/C32H37N5O4S/c1-4-40-23-10-8-22(9-11-23)25(35-31(39)26-6-5-17-41-26)19-28(38)36-13-15-37(16-14-36)30-29-24-12-7-20(2)18-27(24)42-32(29)34-21(3)33-30/h5-6,8-11,17,20,25H,4,7,12-16,18-19H2,1-3H3,(H,35,39). The number of anilines is 1. The summed E-state index contributed by atoms with van der Waals surface area (Å²) in [5.41, 5.74) is 2.26. The molecule has 2 amide bonds. The van der Waals surface area contributed by atoms with Gasteiger partial charge in [-0.25, -0.2) is 9.97 Å². The quantitative estimate of drug-likeness (QED) is 0.298. The second-order valence-corrected chi connectivity index (χ2v) is 12.3. The lowest BCUT2D eigenvalue weighted by atomic mass is 9.89. The van der Waals surface area contributed by atoms with E-state index in [0.29, 0.717) is 38.7 Å². The molecule has 220 valence electrons. The van der Waals surface area contributed by atoms with Crippen LogP contribution in [0.3, 0.4) is 0 Å². The molecule has 4 aromatic rings. The van der Waals surface area contributed by atoms with Crippen LogP contribution in [0.4, 0.5) is 5.82 Å². The molecule has 0 saturated carbocycles. The van der Waals surface area contributed by atoms with Crippen molar-refractivity contribution in [2.45, 2.75) is 52.5 Å². The van der Waals surface area contributed by atoms with Gasteiger partial charge in [0.1, 0.15) is 22.2 Å². The van der Waals surface area contributed by atoms with E-state index in [1.54, 1.807) is 12.1 Å². The van der Waals surface area contributed by atoms with Crippen LogP contribution in [0.15, 0.2) is 47.1 Å². The van der Waals surface area contributed by atoms with Crippen molar-refractivity contribution in [2.75, 3.05) is 37.7 Å². The number of amides is 2. The number of carbonyl (C=O) groups is 2. The van der Waals surface area contributed by atoms with E-state index >= 15 is 0 Å². The molecular formula is C32H37N5O4S. The first-order valence-electron chi connectivity index (χ1n) is 14.8. The first-order valence-corrected chi connectivity index (χ1v) is 15.6. The van der Waals surface area contributed by atoms with Gasteiger partial charge >= 0.3 is 0 Å². The number of nitrogens with zero attached hydrogens (tertiary/aromatic N) is 4. The minimum absolute atomic E-state index is 0.000746. The lowest BCUT2D eigenvalue weighted by molar-refractivity contribution is -0.132. The van der Waals surface area contributed by atoms with E-state index in [2.05, 4.69) is 17.1 Å². The van der Waals surface area contributed by atoms with Gasteiger partial charge < -0.3 is 24.3 Å². The van der Waals surface area contributed by atoms with Crippen LogP contribution in [0, 0.1) is 12.8 Å². The molecule has 1 saturated heterocycles. The van der Waals surface area contributed by atoms with E-state index in [1.807, 2.05) is 54.3 Å². The van der Waals surface area contributed by atoms with Crippen molar-refractivity contribution in [3.05, 3.63) is 70.3 Å². The van der Waals surface area contributed by atoms with Gasteiger partial charge in [-0.2, -0.15) is 0 Å². The van der Waals surface area contributed by atoms with Crippen molar-refractivity contribution in [1.29, 1.82) is 0 Å². The summed E-state index contributed by atoms with van der Waals surface area (Å²) >= 11 is 1.82. The highest BCUT2D eigenvalue weighted by Crippen LogP contribution is 2.41. The molecule has 2 unspecified atom stereocenters. The highest BCUT2D eigenvalue weighted by Gasteiger charge is 2.30. The molecule has 2 aliphatic rings. The van der Waals surface area contributed by atoms with Gasteiger partial charge in [-0.3, -0.25) is 9.59 Å². The van der Waals surface area contributed by atoms with Crippen molar-refractivity contribution in [3.63, 3.8) is 0 Å². The number of benzene rings is 1. The minimum Gasteiger partial charge on any atom is -0.494 e. The van der Waals surface area contributed by atoms with Crippen molar-refractivity contribution in [1.82, 2.24) is 20.2 Å². The first kappa shape index (κ1) is 28.2. The molecule has 6 rings (SSSR count). The van der Waals surface area contributed by atoms with Crippen LogP contribution in [0.1, 0.15) is 65.1 Å². The van der Waals surface area contributed by atoms with Gasteiger partial charge in [0.25, 0.3) is 5.91 Å². The summed E-state index contributed by atoms with van der Waals surface area (Å²) in [6.45, 7) is 9.37. The largest absolute Gasteiger partial charge is 0.494 e. The molecule has 0 spiro atoms. The molecule has 1 aromatic carbocycles. The van der Waals surface area contributed by atoms with Gasteiger partial charge in [-0.05, 0) is 74.4 Å². The smallest absolute Gasteiger partial charge is 0.287 e. The Morgan fingerprint density at radius 2 is 1.93 bits per heavy atom. The number of fused-ring (bicyclic) bond motifs is 3. The molecule has 42 heavy (non-hydrogen) atoms. The molecule has 0 radical (unpaired) electrons. The highest BCUT2D eigenvalue weighted by molar-refractivity contribution is 7.19. The average molecular weight is 588 g/mol. The zero-order valence-electron chi connectivity index (χ0n) is 24.4. The van der Waals surface area contributed by atoms with Crippen LogP contribution in [0.5, 0.6) is 5.75 Å². The molecule has 1 aliphatic heterocycles. The number of piperazine rings is 1. The Balaban J connectivity index is 1.16. The number of furan rings is 1. The number of carbonyl (C=O) groups excluding carboxylic acids is 2. The third kappa shape index (κ3) is 5.86. The molecule has 3 aromatic heterocycles. The summed E-state index contributed by atoms with van der Waals surface area (Å²) in [4.78, 5) is 42.9. The Morgan fingerprint density at radius 1 is 1.14 bits per heavy atom. The summed E-state index contributed by atoms with van der Waals surface area (Å²) in [7, 11) is 0. The molecule has 1 aliphatic carbocycles. The van der Waals surface area contributed by atoms with E-state index in [-0.39, 0.29) is 24.0 Å². The van der Waals surface area contributed by atoms with Gasteiger partial charge in [0.15, 0.2) is 5.76 Å². The number of aromatic nitrogens is 2. The first-order chi connectivity index (χ1) is 20.4. The molecule has 0 bridgehead atoms. The van der Waals surface area contributed by atoms with E-state index < -0.39 is 6.04 Å². The fourth-order valence-corrected chi connectivity index (χ4v) is 7.40. The van der Waals surface area contributed by atoms with Gasteiger partial charge in [-0.1, -0.05) is 19.1 Å². The summed E-state index contributed by atoms with van der Waals surface area (Å²) in [6.07, 6.45) is 4.99. The van der Waals surface area contributed by atoms with Crippen molar-refractivity contribution in [3.8, 4) is 5.75 Å². The topological polar surface area (TPSA) is 101 Å². The molecular weight excluding hydrogens is 550 g/mol. The van der Waals surface area contributed by atoms with Crippen LogP contribution in [-0.4, -0.2) is 59.5 Å². The number of hydrogen-bond donors (Lipinski definition) is 1. The van der Waals surface area contributed by atoms with Crippen molar-refractivity contribution < 1.29 is 18.7 Å². The zero-order valence-corrected chi connectivity index (χ0v) is 25.2. The summed E-state index contributed by atoms with van der Waals surface area (Å²) in [5, 5.41) is 4.21. The van der Waals surface area contributed by atoms with E-state index in [4.69, 9.17) is 19.1 Å². The highest BCUT2D eigenvalue weighted by atomic mass is 32.1. The fourth-order valence-electron chi connectivity index (χ4n) is 5.98. The Kier molecular flexibility index (Phi) is 8.15. The van der Waals surface area contributed by atoms with Gasteiger partial charge in [-0.15, -0.1) is 11.3 Å². The Bertz CT molecular complexity index is 1560. The normalized spacial score (nSPS) is 17.6. The lowest BCUT2D eigenvalue weighted by Gasteiger charge is -2.36. The fraction of sp³-hybridized carbons (Fsp3) is 0.438. The Morgan fingerprint density at radius 3 is 2.64 bits per heavy atom. The maximum Gasteiger partial charge on any atom is 0.287 e. The summed E-state index contributed by atoms with van der Waals surface area (Å²) in [5.74, 6) is 3.10. The number of aryl methyl sites for hydroxylation is 2. The molecule has 9 nitrogen and oxygen atoms in total. The Labute approximate surface area is 249 Å². The number of thiophene rings is 1. The third-order valence-electron chi connectivity index (χ3n) is 8.20. The van der Waals surface area contributed by atoms with Crippen LogP contribution in [-0.2, 0) is 17.6 Å². The van der Waals surface area contributed by atoms with Crippen LogP contribution < -0.4 is 15.0 Å². The Hall–Kier alpha value is -3.92. The second kappa shape index (κ2) is 12.1. The van der Waals surface area contributed by atoms with E-state index in [9.17, 15) is 9.59 Å². The molecule has 10 heteroatoms. The van der Waals surface area contributed by atoms with Crippen LogP contribution in [0.25, 0.3) is 10.2 Å². The number of nitrogens with one attached hydrogen (secondary N) is 1. The molecule has 2 atom stereocenters. The predicted molar refractivity (Wildman–Crippen MR) is 163 cm³/mol. The van der Waals surface area contributed by atoms with Gasteiger partial charge in [0.05, 0.1) is 30.7 Å². The zero-order chi connectivity index (χ0) is 29.2. The monoisotopic (exact) mass is 587 g/mol. The van der Waals surface area contributed by atoms with Crippen LogP contribution >= 0.6 is 11.3 Å². The van der Waals surface area contributed by atoms with Gasteiger partial charge in [0, 0.05) is 31.1 Å². The maximum absolute atomic E-state index is 13.6. The van der Waals surface area contributed by atoms with Crippen LogP contribution in [0.2, 0.25) is 0 Å². The minimum atomic E-state index is -0.507.